The number of piperidine rings is 1. The predicted octanol–water partition coefficient (Wildman–Crippen LogP) is 4.86. The third-order valence-electron chi connectivity index (χ3n) is 5.53. The van der Waals surface area contributed by atoms with Gasteiger partial charge in [-0.3, -0.25) is 4.72 Å². The lowest BCUT2D eigenvalue weighted by Gasteiger charge is -2.24. The molecule has 188 valence electrons. The molecular weight excluding hydrogens is 503 g/mol. The molecule has 2 aromatic heterocycles. The van der Waals surface area contributed by atoms with E-state index in [1.807, 2.05) is 0 Å². The molecule has 0 spiro atoms. The average Bonchev–Trinajstić information content (AvgIpc) is 2.79. The van der Waals surface area contributed by atoms with Crippen LogP contribution < -0.4 is 15.4 Å². The quantitative estimate of drug-likeness (QED) is 0.424. The van der Waals surface area contributed by atoms with Crippen LogP contribution >= 0.6 is 12.4 Å². The monoisotopic (exact) mass is 527 g/mol. The number of sulfonamides is 1. The van der Waals surface area contributed by atoms with Crippen molar-refractivity contribution in [2.24, 2.45) is 0 Å². The first-order valence-electron chi connectivity index (χ1n) is 10.7. The van der Waals surface area contributed by atoms with Crippen LogP contribution in [0.25, 0.3) is 11.3 Å². The van der Waals surface area contributed by atoms with E-state index in [1.54, 1.807) is 37.3 Å². The third kappa shape index (κ3) is 6.41. The largest absolute Gasteiger partial charge is 0.418 e. The zero-order valence-electron chi connectivity index (χ0n) is 18.8. The summed E-state index contributed by atoms with van der Waals surface area (Å²) in [6.45, 7) is 3.39. The zero-order valence-corrected chi connectivity index (χ0v) is 20.4. The Bertz CT molecular complexity index is 1280. The highest BCUT2D eigenvalue weighted by Crippen LogP contribution is 2.38. The second-order valence-electron chi connectivity index (χ2n) is 8.04. The molecule has 12 heteroatoms. The van der Waals surface area contributed by atoms with Crippen LogP contribution in [-0.2, 0) is 16.2 Å². The van der Waals surface area contributed by atoms with Gasteiger partial charge in [-0.2, -0.15) is 21.6 Å². The fourth-order valence-corrected chi connectivity index (χ4v) is 4.77. The summed E-state index contributed by atoms with van der Waals surface area (Å²) in [4.78, 5) is 8.23. The van der Waals surface area contributed by atoms with Crippen molar-refractivity contribution in [3.63, 3.8) is 0 Å². The molecule has 0 atom stereocenters. The normalized spacial score (nSPS) is 14.7. The first-order chi connectivity index (χ1) is 16.1. The van der Waals surface area contributed by atoms with Gasteiger partial charge in [0.1, 0.15) is 11.6 Å². The van der Waals surface area contributed by atoms with Crippen LogP contribution in [0.4, 0.5) is 24.8 Å². The number of benzene rings is 1. The Morgan fingerprint density at radius 2 is 1.66 bits per heavy atom. The molecule has 35 heavy (non-hydrogen) atoms. The summed E-state index contributed by atoms with van der Waals surface area (Å²) >= 11 is 0. The SMILES string of the molecule is Cc1ccccc1-c1nc(NS(=O)(=O)c2cccc(NC3CCNCC3)n2)ccc1C(F)(F)F.Cl. The number of nitrogens with zero attached hydrogens (tertiary/aromatic N) is 2. The Hall–Kier alpha value is -2.89. The van der Waals surface area contributed by atoms with Gasteiger partial charge in [0, 0.05) is 11.6 Å². The van der Waals surface area contributed by atoms with Crippen LogP contribution in [0.2, 0.25) is 0 Å². The molecule has 1 aromatic carbocycles. The minimum Gasteiger partial charge on any atom is -0.367 e. The number of halogens is 4. The lowest BCUT2D eigenvalue weighted by atomic mass is 10.0. The second-order valence-corrected chi connectivity index (χ2v) is 9.67. The van der Waals surface area contributed by atoms with Crippen molar-refractivity contribution in [2.75, 3.05) is 23.1 Å². The maximum atomic E-state index is 13.6. The molecule has 0 radical (unpaired) electrons. The fourth-order valence-electron chi connectivity index (χ4n) is 3.80. The minimum absolute atomic E-state index is 0. The minimum atomic E-state index is -4.65. The number of hydrogen-bond donors (Lipinski definition) is 3. The van der Waals surface area contributed by atoms with Crippen LogP contribution in [0.1, 0.15) is 24.0 Å². The van der Waals surface area contributed by atoms with E-state index in [-0.39, 0.29) is 40.6 Å². The van der Waals surface area contributed by atoms with Gasteiger partial charge in [0.15, 0.2) is 5.03 Å². The predicted molar refractivity (Wildman–Crippen MR) is 131 cm³/mol. The van der Waals surface area contributed by atoms with E-state index in [9.17, 15) is 21.6 Å². The van der Waals surface area contributed by atoms with E-state index in [0.717, 1.165) is 38.1 Å². The van der Waals surface area contributed by atoms with E-state index in [2.05, 4.69) is 25.3 Å². The number of rotatable bonds is 6. The van der Waals surface area contributed by atoms with Crippen molar-refractivity contribution >= 4 is 34.1 Å². The zero-order chi connectivity index (χ0) is 24.3. The molecule has 1 fully saturated rings. The average molecular weight is 528 g/mol. The summed E-state index contributed by atoms with van der Waals surface area (Å²) in [5, 5.41) is 6.23. The van der Waals surface area contributed by atoms with Gasteiger partial charge in [0.2, 0.25) is 0 Å². The van der Waals surface area contributed by atoms with Gasteiger partial charge in [0.25, 0.3) is 10.0 Å². The number of nitrogens with one attached hydrogen (secondary N) is 3. The van der Waals surface area contributed by atoms with E-state index < -0.39 is 21.8 Å². The van der Waals surface area contributed by atoms with Crippen molar-refractivity contribution < 1.29 is 21.6 Å². The Morgan fingerprint density at radius 1 is 0.943 bits per heavy atom. The molecule has 1 aliphatic rings. The molecule has 0 aliphatic carbocycles. The van der Waals surface area contributed by atoms with Crippen LogP contribution in [0.3, 0.4) is 0 Å². The van der Waals surface area contributed by atoms with Crippen molar-refractivity contribution in [2.45, 2.75) is 37.0 Å². The number of alkyl halides is 3. The summed E-state index contributed by atoms with van der Waals surface area (Å²) in [6, 6.07) is 13.0. The van der Waals surface area contributed by atoms with Crippen LogP contribution in [0.15, 0.2) is 59.6 Å². The summed E-state index contributed by atoms with van der Waals surface area (Å²) in [6.07, 6.45) is -2.89. The smallest absolute Gasteiger partial charge is 0.367 e. The maximum absolute atomic E-state index is 13.6. The highest BCUT2D eigenvalue weighted by molar-refractivity contribution is 7.92. The molecule has 1 aliphatic heterocycles. The number of anilines is 2. The fraction of sp³-hybridized carbons (Fsp3) is 0.304. The molecule has 0 unspecified atom stereocenters. The van der Waals surface area contributed by atoms with Gasteiger partial charge in [-0.1, -0.05) is 30.3 Å². The van der Waals surface area contributed by atoms with E-state index >= 15 is 0 Å². The number of pyridine rings is 2. The van der Waals surface area contributed by atoms with Gasteiger partial charge in [-0.25, -0.2) is 9.97 Å². The van der Waals surface area contributed by atoms with Gasteiger partial charge < -0.3 is 10.6 Å². The highest BCUT2D eigenvalue weighted by atomic mass is 35.5. The Kier molecular flexibility index (Phi) is 8.24. The Balaban J connectivity index is 0.00000342. The molecule has 0 bridgehead atoms. The van der Waals surface area contributed by atoms with Crippen LogP contribution in [0.5, 0.6) is 0 Å². The van der Waals surface area contributed by atoms with Crippen LogP contribution in [-0.4, -0.2) is 37.5 Å². The number of hydrogen-bond acceptors (Lipinski definition) is 6. The molecule has 0 saturated carbocycles. The van der Waals surface area contributed by atoms with E-state index in [4.69, 9.17) is 0 Å². The van der Waals surface area contributed by atoms with Crippen molar-refractivity contribution in [1.29, 1.82) is 0 Å². The Morgan fingerprint density at radius 3 is 2.34 bits per heavy atom. The lowest BCUT2D eigenvalue weighted by Crippen LogP contribution is -2.35. The van der Waals surface area contributed by atoms with Gasteiger partial charge in [-0.15, -0.1) is 12.4 Å². The maximum Gasteiger partial charge on any atom is 0.418 e. The number of aryl methyl sites for hydroxylation is 1. The molecule has 3 aromatic rings. The molecule has 7 nitrogen and oxygen atoms in total. The molecule has 3 heterocycles. The molecule has 0 amide bonds. The van der Waals surface area contributed by atoms with Crippen LogP contribution in [0, 0.1) is 6.92 Å². The highest BCUT2D eigenvalue weighted by Gasteiger charge is 2.35. The van der Waals surface area contributed by atoms with Crippen molar-refractivity contribution in [3.8, 4) is 11.3 Å². The van der Waals surface area contributed by atoms with E-state index in [0.29, 0.717) is 11.4 Å². The Labute approximate surface area is 208 Å². The standard InChI is InChI=1S/C23H24F3N5O2S.ClH/c1-15-5-2-3-6-17(15)22-18(23(24,25)26)9-10-20(30-22)31-34(32,33)21-8-4-7-19(29-21)28-16-11-13-27-14-12-16;/h2-10,16,27H,11-14H2,1H3,(H,28,29)(H,30,31);1H. The molecule has 3 N–H and O–H groups in total. The first-order valence-corrected chi connectivity index (χ1v) is 12.2. The van der Waals surface area contributed by atoms with E-state index in [1.165, 1.54) is 12.1 Å². The molecule has 4 rings (SSSR count). The van der Waals surface area contributed by atoms with Gasteiger partial charge in [-0.05, 0) is 62.7 Å². The van der Waals surface area contributed by atoms with Gasteiger partial charge >= 0.3 is 6.18 Å². The first kappa shape index (κ1) is 26.7. The van der Waals surface area contributed by atoms with Crippen molar-refractivity contribution in [1.82, 2.24) is 15.3 Å². The van der Waals surface area contributed by atoms with Crippen molar-refractivity contribution in [3.05, 3.63) is 65.7 Å². The summed E-state index contributed by atoms with van der Waals surface area (Å²) < 4.78 is 69.1. The summed E-state index contributed by atoms with van der Waals surface area (Å²) in [5.41, 5.74) is -0.447. The topological polar surface area (TPSA) is 96.0 Å². The second kappa shape index (κ2) is 10.8. The summed E-state index contributed by atoms with van der Waals surface area (Å²) in [7, 11) is -4.19. The number of aromatic nitrogens is 2. The molecule has 1 saturated heterocycles. The third-order valence-corrected chi connectivity index (χ3v) is 6.79. The summed E-state index contributed by atoms with van der Waals surface area (Å²) in [5.74, 6) is 0.181. The lowest BCUT2D eigenvalue weighted by molar-refractivity contribution is -0.137. The van der Waals surface area contributed by atoms with Gasteiger partial charge in [0.05, 0.1) is 11.3 Å². The molecular formula is C23H25ClF3N5O2S.